The monoisotopic (exact) mass is 320 g/mol. The van der Waals surface area contributed by atoms with Gasteiger partial charge < -0.3 is 4.57 Å². The van der Waals surface area contributed by atoms with E-state index in [1.807, 2.05) is 0 Å². The summed E-state index contributed by atoms with van der Waals surface area (Å²) in [5.74, 6) is -1.28. The fraction of sp³-hybridized carbons (Fsp3) is 0.286. The maximum absolute atomic E-state index is 14.0. The summed E-state index contributed by atoms with van der Waals surface area (Å²) in [6.45, 7) is 1.28. The van der Waals surface area contributed by atoms with E-state index in [0.29, 0.717) is 5.52 Å². The molecule has 0 aliphatic heterocycles. The molecule has 112 valence electrons. The van der Waals surface area contributed by atoms with Gasteiger partial charge in [0.25, 0.3) is 0 Å². The van der Waals surface area contributed by atoms with E-state index < -0.39 is 17.0 Å². The van der Waals surface area contributed by atoms with Gasteiger partial charge in [0.15, 0.2) is 11.2 Å². The minimum Gasteiger partial charge on any atom is -0.342 e. The molecule has 1 heterocycles. The van der Waals surface area contributed by atoms with Crippen LogP contribution in [-0.4, -0.2) is 10.4 Å². The molecule has 0 atom stereocenters. The van der Waals surface area contributed by atoms with Gasteiger partial charge in [0, 0.05) is 17.2 Å². The van der Waals surface area contributed by atoms with Crippen LogP contribution in [0.3, 0.4) is 0 Å². The molecule has 1 aromatic heterocycles. The average molecular weight is 321 g/mol. The minimum absolute atomic E-state index is 0.00796. The number of nitrogens with zero attached hydrogens (tertiary/aromatic N) is 4. The molecule has 0 bridgehead atoms. The molecule has 8 heteroatoms. The van der Waals surface area contributed by atoms with Crippen LogP contribution in [0.4, 0.5) is 10.1 Å². The molecule has 0 amide bonds. The topological polar surface area (TPSA) is 87.8 Å². The second-order valence-corrected chi connectivity index (χ2v) is 5.55. The largest absolute Gasteiger partial charge is 0.342 e. The highest BCUT2D eigenvalue weighted by atomic mass is 35.5. The van der Waals surface area contributed by atoms with E-state index >= 15 is 0 Å². The molecule has 0 saturated heterocycles. The van der Waals surface area contributed by atoms with E-state index in [0.717, 1.165) is 18.9 Å². The van der Waals surface area contributed by atoms with Gasteiger partial charge in [-0.3, -0.25) is 9.59 Å². The smallest absolute Gasteiger partial charge is 0.200 e. The van der Waals surface area contributed by atoms with Crippen LogP contribution >= 0.6 is 11.6 Å². The zero-order valence-corrected chi connectivity index (χ0v) is 12.3. The van der Waals surface area contributed by atoms with Crippen molar-refractivity contribution in [2.24, 2.45) is 5.11 Å². The highest BCUT2D eigenvalue weighted by Gasteiger charge is 2.28. The highest BCUT2D eigenvalue weighted by Crippen LogP contribution is 2.41. The number of aromatic nitrogens is 1. The molecule has 0 radical (unpaired) electrons. The Kier molecular flexibility index (Phi) is 3.39. The van der Waals surface area contributed by atoms with Crippen LogP contribution in [0.15, 0.2) is 22.2 Å². The van der Waals surface area contributed by atoms with E-state index in [4.69, 9.17) is 17.1 Å². The third-order valence-electron chi connectivity index (χ3n) is 3.65. The van der Waals surface area contributed by atoms with Crippen molar-refractivity contribution in [2.45, 2.75) is 25.8 Å². The number of carbonyl (C=O) groups is 1. The minimum atomic E-state index is -0.893. The van der Waals surface area contributed by atoms with E-state index in [1.165, 1.54) is 13.1 Å². The van der Waals surface area contributed by atoms with Crippen molar-refractivity contribution >= 4 is 34.0 Å². The molecular formula is C14H10ClFN4O2. The summed E-state index contributed by atoms with van der Waals surface area (Å²) in [7, 11) is 0. The van der Waals surface area contributed by atoms with Gasteiger partial charge in [-0.1, -0.05) is 16.7 Å². The van der Waals surface area contributed by atoms with Gasteiger partial charge in [0.1, 0.15) is 5.82 Å². The first-order chi connectivity index (χ1) is 10.5. The standard InChI is InChI=1S/C14H10ClFN4O2/c1-6(21)9-5-20(7-2-3-7)13-8(14(9)22)4-10(16)12(11(13)15)18-19-17/h4-5,7H,2-3H2,1H3. The molecule has 1 saturated carbocycles. The summed E-state index contributed by atoms with van der Waals surface area (Å²) in [5, 5.41) is 3.15. The van der Waals surface area contributed by atoms with Crippen molar-refractivity contribution in [2.75, 3.05) is 0 Å². The number of Topliss-reactive ketones (excluding diaryl/α,β-unsaturated/α-hetero) is 1. The molecule has 0 N–H and O–H groups in total. The van der Waals surface area contributed by atoms with Crippen LogP contribution in [0.1, 0.15) is 36.2 Å². The lowest BCUT2D eigenvalue weighted by atomic mass is 10.1. The lowest BCUT2D eigenvalue weighted by Gasteiger charge is -2.14. The maximum atomic E-state index is 14.0. The zero-order valence-electron chi connectivity index (χ0n) is 11.5. The third-order valence-corrected chi connectivity index (χ3v) is 4.01. The van der Waals surface area contributed by atoms with Gasteiger partial charge in [0.05, 0.1) is 27.2 Å². The molecule has 1 aliphatic carbocycles. The number of pyridine rings is 1. The number of fused-ring (bicyclic) bond motifs is 1. The molecular weight excluding hydrogens is 311 g/mol. The Hall–Kier alpha value is -2.37. The van der Waals surface area contributed by atoms with Gasteiger partial charge in [0.2, 0.25) is 0 Å². The summed E-state index contributed by atoms with van der Waals surface area (Å²) in [6, 6.07) is 1.07. The lowest BCUT2D eigenvalue weighted by molar-refractivity contribution is 0.101. The van der Waals surface area contributed by atoms with Crippen molar-refractivity contribution in [1.29, 1.82) is 0 Å². The Bertz CT molecular complexity index is 927. The number of hydrogen-bond acceptors (Lipinski definition) is 3. The van der Waals surface area contributed by atoms with E-state index in [-0.39, 0.29) is 27.7 Å². The molecule has 6 nitrogen and oxygen atoms in total. The first-order valence-corrected chi connectivity index (χ1v) is 6.96. The maximum Gasteiger partial charge on any atom is 0.200 e. The molecule has 0 unspecified atom stereocenters. The number of rotatable bonds is 3. The predicted octanol–water partition coefficient (Wildman–Crippen LogP) is 4.27. The molecule has 1 aromatic carbocycles. The van der Waals surface area contributed by atoms with Crippen LogP contribution in [0, 0.1) is 5.82 Å². The Morgan fingerprint density at radius 2 is 2.23 bits per heavy atom. The van der Waals surface area contributed by atoms with Crippen LogP contribution < -0.4 is 5.43 Å². The Morgan fingerprint density at radius 1 is 1.55 bits per heavy atom. The Labute approximate surface area is 128 Å². The number of carbonyl (C=O) groups excluding carboxylic acids is 1. The summed E-state index contributed by atoms with van der Waals surface area (Å²) in [5.41, 5.74) is 7.89. The van der Waals surface area contributed by atoms with Gasteiger partial charge in [-0.2, -0.15) is 0 Å². The molecule has 22 heavy (non-hydrogen) atoms. The number of ketones is 1. The zero-order chi connectivity index (χ0) is 16.0. The van der Waals surface area contributed by atoms with E-state index in [9.17, 15) is 14.0 Å². The SMILES string of the molecule is CC(=O)c1cn(C2CC2)c2c(Cl)c(N=[N+]=[N-])c(F)cc2c1=O. The summed E-state index contributed by atoms with van der Waals surface area (Å²) >= 11 is 6.16. The second-order valence-electron chi connectivity index (χ2n) is 5.17. The second kappa shape index (κ2) is 5.12. The Morgan fingerprint density at radius 3 is 2.77 bits per heavy atom. The molecule has 1 aliphatic rings. The molecule has 1 fully saturated rings. The first-order valence-electron chi connectivity index (χ1n) is 6.58. The van der Waals surface area contributed by atoms with E-state index in [1.54, 1.807) is 4.57 Å². The molecule has 2 aromatic rings. The highest BCUT2D eigenvalue weighted by molar-refractivity contribution is 6.37. The first kappa shape index (κ1) is 14.6. The van der Waals surface area contributed by atoms with Crippen molar-refractivity contribution in [1.82, 2.24) is 4.57 Å². The number of benzene rings is 1. The van der Waals surface area contributed by atoms with Crippen molar-refractivity contribution < 1.29 is 9.18 Å². The van der Waals surface area contributed by atoms with Crippen LogP contribution in [0.2, 0.25) is 5.02 Å². The van der Waals surface area contributed by atoms with Gasteiger partial charge in [-0.25, -0.2) is 4.39 Å². The van der Waals surface area contributed by atoms with Crippen LogP contribution in [0.25, 0.3) is 21.3 Å². The number of azide groups is 1. The average Bonchev–Trinajstić information content (AvgIpc) is 3.28. The van der Waals surface area contributed by atoms with E-state index in [2.05, 4.69) is 10.0 Å². The molecule has 3 rings (SSSR count). The number of halogens is 2. The Balaban J connectivity index is 2.52. The third kappa shape index (κ3) is 2.15. The predicted molar refractivity (Wildman–Crippen MR) is 80.3 cm³/mol. The summed E-state index contributed by atoms with van der Waals surface area (Å²) in [6.07, 6.45) is 3.20. The fourth-order valence-electron chi connectivity index (χ4n) is 2.46. The molecule has 0 spiro atoms. The van der Waals surface area contributed by atoms with Gasteiger partial charge in [-0.05, 0) is 31.4 Å². The summed E-state index contributed by atoms with van der Waals surface area (Å²) < 4.78 is 15.7. The summed E-state index contributed by atoms with van der Waals surface area (Å²) in [4.78, 5) is 26.6. The quantitative estimate of drug-likeness (QED) is 0.366. The normalized spacial score (nSPS) is 14.0. The lowest BCUT2D eigenvalue weighted by Crippen LogP contribution is -2.18. The van der Waals surface area contributed by atoms with Crippen molar-refractivity contribution in [3.8, 4) is 0 Å². The number of hydrogen-bond donors (Lipinski definition) is 0. The van der Waals surface area contributed by atoms with Crippen LogP contribution in [0.5, 0.6) is 0 Å². The van der Waals surface area contributed by atoms with Gasteiger partial charge >= 0.3 is 0 Å². The fourth-order valence-corrected chi connectivity index (χ4v) is 2.79. The van der Waals surface area contributed by atoms with Crippen molar-refractivity contribution in [3.63, 3.8) is 0 Å². The van der Waals surface area contributed by atoms with Crippen molar-refractivity contribution in [3.05, 3.63) is 49.3 Å². The van der Waals surface area contributed by atoms with Crippen LogP contribution in [-0.2, 0) is 0 Å². The van der Waals surface area contributed by atoms with Gasteiger partial charge in [-0.15, -0.1) is 0 Å².